The van der Waals surface area contributed by atoms with Crippen molar-refractivity contribution < 1.29 is 0 Å². The molecule has 0 radical (unpaired) electrons. The molecule has 2 heterocycles. The number of hydrogen-bond donors (Lipinski definition) is 1. The van der Waals surface area contributed by atoms with Gasteiger partial charge in [-0.15, -0.1) is 0 Å². The molecule has 2 rings (SSSR count). The standard InChI is InChI=1S/C12H14Br2N4/c1-9-5-17-18(8-9)3-2-15-7-12-11(14)4-10(13)6-16-12/h4-6,8,15H,2-3,7H2,1H3. The van der Waals surface area contributed by atoms with Gasteiger partial charge in [-0.1, -0.05) is 0 Å². The van der Waals surface area contributed by atoms with Gasteiger partial charge < -0.3 is 5.32 Å². The third-order valence-electron chi connectivity index (χ3n) is 2.46. The average molecular weight is 374 g/mol. The monoisotopic (exact) mass is 372 g/mol. The van der Waals surface area contributed by atoms with E-state index in [0.29, 0.717) is 0 Å². The van der Waals surface area contributed by atoms with Gasteiger partial charge in [-0.05, 0) is 50.4 Å². The van der Waals surface area contributed by atoms with Crippen LogP contribution in [0, 0.1) is 6.92 Å². The maximum atomic E-state index is 4.35. The van der Waals surface area contributed by atoms with E-state index >= 15 is 0 Å². The number of nitrogens with one attached hydrogen (secondary N) is 1. The SMILES string of the molecule is Cc1cnn(CCNCc2ncc(Br)cc2Br)c1. The second kappa shape index (κ2) is 6.45. The molecule has 0 amide bonds. The normalized spacial score (nSPS) is 10.8. The van der Waals surface area contributed by atoms with Gasteiger partial charge in [0.2, 0.25) is 0 Å². The molecule has 18 heavy (non-hydrogen) atoms. The number of halogens is 2. The summed E-state index contributed by atoms with van der Waals surface area (Å²) >= 11 is 6.88. The Kier molecular flexibility index (Phi) is 4.91. The lowest BCUT2D eigenvalue weighted by molar-refractivity contribution is 0.551. The number of pyridine rings is 1. The number of aromatic nitrogens is 3. The molecule has 0 atom stereocenters. The zero-order valence-corrected chi connectivity index (χ0v) is 13.2. The molecule has 1 N–H and O–H groups in total. The highest BCUT2D eigenvalue weighted by Crippen LogP contribution is 2.19. The van der Waals surface area contributed by atoms with Gasteiger partial charge in [0, 0.05) is 34.4 Å². The minimum absolute atomic E-state index is 0.744. The van der Waals surface area contributed by atoms with Crippen LogP contribution in [-0.2, 0) is 13.1 Å². The summed E-state index contributed by atoms with van der Waals surface area (Å²) in [6, 6.07) is 2.00. The van der Waals surface area contributed by atoms with Gasteiger partial charge in [0.15, 0.2) is 0 Å². The van der Waals surface area contributed by atoms with Crippen LogP contribution >= 0.6 is 31.9 Å². The van der Waals surface area contributed by atoms with Gasteiger partial charge in [0.05, 0.1) is 18.4 Å². The van der Waals surface area contributed by atoms with E-state index in [0.717, 1.165) is 34.3 Å². The maximum absolute atomic E-state index is 4.35. The number of rotatable bonds is 5. The fourth-order valence-electron chi connectivity index (χ4n) is 1.56. The lowest BCUT2D eigenvalue weighted by atomic mass is 10.3. The Morgan fingerprint density at radius 2 is 2.17 bits per heavy atom. The van der Waals surface area contributed by atoms with E-state index in [1.165, 1.54) is 5.56 Å². The average Bonchev–Trinajstić information content (AvgIpc) is 2.73. The van der Waals surface area contributed by atoms with Crippen molar-refractivity contribution >= 4 is 31.9 Å². The van der Waals surface area contributed by atoms with E-state index in [1.54, 1.807) is 6.20 Å². The zero-order valence-electron chi connectivity index (χ0n) is 10.0. The molecule has 2 aromatic heterocycles. The predicted octanol–water partition coefficient (Wildman–Crippen LogP) is 2.90. The van der Waals surface area contributed by atoms with Crippen molar-refractivity contribution in [3.63, 3.8) is 0 Å². The summed E-state index contributed by atoms with van der Waals surface area (Å²) in [5.41, 5.74) is 2.20. The fourth-order valence-corrected chi connectivity index (χ4v) is 2.69. The molecule has 0 unspecified atom stereocenters. The molecule has 0 saturated heterocycles. The third kappa shape index (κ3) is 3.90. The van der Waals surface area contributed by atoms with E-state index in [9.17, 15) is 0 Å². The van der Waals surface area contributed by atoms with Crippen LogP contribution in [0.5, 0.6) is 0 Å². The number of aryl methyl sites for hydroxylation is 1. The first kappa shape index (κ1) is 13.7. The Labute approximate surface area is 123 Å². The Balaban J connectivity index is 1.78. The minimum atomic E-state index is 0.744. The van der Waals surface area contributed by atoms with Gasteiger partial charge in [-0.3, -0.25) is 9.67 Å². The molecule has 0 aromatic carbocycles. The van der Waals surface area contributed by atoms with Crippen molar-refractivity contribution in [2.24, 2.45) is 0 Å². The third-order valence-corrected chi connectivity index (χ3v) is 3.58. The molecular weight excluding hydrogens is 360 g/mol. The number of nitrogens with zero attached hydrogens (tertiary/aromatic N) is 3. The smallest absolute Gasteiger partial charge is 0.0684 e. The van der Waals surface area contributed by atoms with Crippen molar-refractivity contribution in [1.82, 2.24) is 20.1 Å². The summed E-state index contributed by atoms with van der Waals surface area (Å²) in [5.74, 6) is 0. The molecule has 0 aliphatic heterocycles. The lowest BCUT2D eigenvalue weighted by Crippen LogP contribution is -2.20. The van der Waals surface area contributed by atoms with Gasteiger partial charge in [0.1, 0.15) is 0 Å². The van der Waals surface area contributed by atoms with Crippen LogP contribution in [0.15, 0.2) is 33.6 Å². The van der Waals surface area contributed by atoms with Crippen LogP contribution in [0.1, 0.15) is 11.3 Å². The topological polar surface area (TPSA) is 42.7 Å². The first-order chi connectivity index (χ1) is 8.65. The molecule has 0 spiro atoms. The van der Waals surface area contributed by atoms with Gasteiger partial charge in [0.25, 0.3) is 0 Å². The molecule has 6 heteroatoms. The second-order valence-electron chi connectivity index (χ2n) is 4.04. The lowest BCUT2D eigenvalue weighted by Gasteiger charge is -2.06. The summed E-state index contributed by atoms with van der Waals surface area (Å²) in [4.78, 5) is 4.35. The zero-order chi connectivity index (χ0) is 13.0. The maximum Gasteiger partial charge on any atom is 0.0684 e. The predicted molar refractivity (Wildman–Crippen MR) is 78.3 cm³/mol. The first-order valence-corrected chi connectivity index (χ1v) is 7.23. The minimum Gasteiger partial charge on any atom is -0.309 e. The molecular formula is C12H14Br2N4. The fraction of sp³-hybridized carbons (Fsp3) is 0.333. The van der Waals surface area contributed by atoms with Gasteiger partial charge in [-0.25, -0.2) is 0 Å². The highest BCUT2D eigenvalue weighted by molar-refractivity contribution is 9.11. The van der Waals surface area contributed by atoms with E-state index in [2.05, 4.69) is 47.3 Å². The van der Waals surface area contributed by atoms with Gasteiger partial charge >= 0.3 is 0 Å². The van der Waals surface area contributed by atoms with E-state index in [4.69, 9.17) is 0 Å². The Morgan fingerprint density at radius 1 is 1.33 bits per heavy atom. The van der Waals surface area contributed by atoms with Crippen molar-refractivity contribution in [1.29, 1.82) is 0 Å². The van der Waals surface area contributed by atoms with Crippen LogP contribution in [0.25, 0.3) is 0 Å². The molecule has 0 aliphatic carbocycles. The summed E-state index contributed by atoms with van der Waals surface area (Å²) in [6.45, 7) is 4.52. The molecule has 96 valence electrons. The van der Waals surface area contributed by atoms with Crippen molar-refractivity contribution in [2.75, 3.05) is 6.54 Å². The van der Waals surface area contributed by atoms with Crippen LogP contribution < -0.4 is 5.32 Å². The van der Waals surface area contributed by atoms with Crippen molar-refractivity contribution in [3.8, 4) is 0 Å². The van der Waals surface area contributed by atoms with Crippen LogP contribution in [0.2, 0.25) is 0 Å². The molecule has 0 bridgehead atoms. The van der Waals surface area contributed by atoms with Crippen LogP contribution in [0.3, 0.4) is 0 Å². The van der Waals surface area contributed by atoms with E-state index in [1.807, 2.05) is 30.1 Å². The highest BCUT2D eigenvalue weighted by Gasteiger charge is 2.01. The summed E-state index contributed by atoms with van der Waals surface area (Å²) in [7, 11) is 0. The highest BCUT2D eigenvalue weighted by atomic mass is 79.9. The summed E-state index contributed by atoms with van der Waals surface area (Å²) in [6.07, 6.45) is 5.71. The Morgan fingerprint density at radius 3 is 2.83 bits per heavy atom. The second-order valence-corrected chi connectivity index (χ2v) is 5.81. The van der Waals surface area contributed by atoms with Crippen molar-refractivity contribution in [2.45, 2.75) is 20.0 Å². The van der Waals surface area contributed by atoms with Crippen LogP contribution in [0.4, 0.5) is 0 Å². The van der Waals surface area contributed by atoms with Crippen molar-refractivity contribution in [3.05, 3.63) is 44.9 Å². The van der Waals surface area contributed by atoms with Gasteiger partial charge in [-0.2, -0.15) is 5.10 Å². The molecule has 2 aromatic rings. The van der Waals surface area contributed by atoms with Crippen LogP contribution in [-0.4, -0.2) is 21.3 Å². The molecule has 0 saturated carbocycles. The Hall–Kier alpha value is -0.720. The first-order valence-electron chi connectivity index (χ1n) is 5.65. The molecule has 0 aliphatic rings. The summed E-state index contributed by atoms with van der Waals surface area (Å²) < 4.78 is 3.93. The molecule has 0 fully saturated rings. The largest absolute Gasteiger partial charge is 0.309 e. The number of hydrogen-bond acceptors (Lipinski definition) is 3. The molecule has 4 nitrogen and oxygen atoms in total. The Bertz CT molecular complexity index is 525. The summed E-state index contributed by atoms with van der Waals surface area (Å²) in [5, 5.41) is 7.59. The van der Waals surface area contributed by atoms with E-state index < -0.39 is 0 Å². The quantitative estimate of drug-likeness (QED) is 0.819. The van der Waals surface area contributed by atoms with E-state index in [-0.39, 0.29) is 0 Å².